The number of hydrogen-bond donors (Lipinski definition) is 0. The highest BCUT2D eigenvalue weighted by molar-refractivity contribution is 6.12. The van der Waals surface area contributed by atoms with Crippen molar-refractivity contribution in [2.75, 3.05) is 0 Å². The average molecular weight is 828 g/mol. The smallest absolute Gasteiger partial charge is 0.309 e. The van der Waals surface area contributed by atoms with E-state index in [4.69, 9.17) is 0 Å². The summed E-state index contributed by atoms with van der Waals surface area (Å²) >= 11 is 0. The van der Waals surface area contributed by atoms with Gasteiger partial charge in [-0.3, -0.25) is 0 Å². The van der Waals surface area contributed by atoms with Crippen LogP contribution in [-0.4, -0.2) is 9.13 Å². The third kappa shape index (κ3) is 6.50. The predicted octanol–water partition coefficient (Wildman–Crippen LogP) is 15.9. The number of aromatic nitrogens is 2. The number of nitriles is 1. The van der Waals surface area contributed by atoms with Crippen molar-refractivity contribution in [1.82, 2.24) is 9.13 Å². The van der Waals surface area contributed by atoms with Crippen molar-refractivity contribution in [3.05, 3.63) is 190 Å². The van der Waals surface area contributed by atoms with E-state index in [0.29, 0.717) is 33.6 Å². The molecule has 63 heavy (non-hydrogen) atoms. The van der Waals surface area contributed by atoms with E-state index in [-0.39, 0.29) is 0 Å². The minimum Gasteiger partial charge on any atom is -0.309 e. The summed E-state index contributed by atoms with van der Waals surface area (Å²) in [6.07, 6.45) is -4.56. The minimum absolute atomic E-state index is 0.392. The van der Waals surface area contributed by atoms with E-state index in [0.717, 1.165) is 54.7 Å². The number of nitrogens with zero attached hydrogens (tertiary/aromatic N) is 3. The molecule has 6 heteroatoms. The van der Waals surface area contributed by atoms with Gasteiger partial charge in [0.15, 0.2) is 0 Å². The number of alkyl halides is 3. The Bertz CT molecular complexity index is 3540. The molecule has 0 saturated heterocycles. The Morgan fingerprint density at radius 3 is 1.35 bits per heavy atom. The summed E-state index contributed by atoms with van der Waals surface area (Å²) in [5.41, 5.74) is 17.6. The molecule has 0 unspecified atom stereocenters. The van der Waals surface area contributed by atoms with Crippen LogP contribution in [0.5, 0.6) is 0 Å². The SMILES string of the molecule is Cc1cc(-c2cc(-n3c4ccccc4c4cc(-c5c(C)cc(C)cc5C)ccc43)c(C#N)cc2-n2c3ccccc3c3cc(-c4c(C)cc(C)cc4C)ccc32)cc(C(F)(F)F)c1. The number of halogens is 3. The summed E-state index contributed by atoms with van der Waals surface area (Å²) in [6, 6.07) is 48.5. The Hall–Kier alpha value is -7.36. The van der Waals surface area contributed by atoms with Gasteiger partial charge in [-0.2, -0.15) is 18.4 Å². The fourth-order valence-electron chi connectivity index (χ4n) is 10.4. The first-order valence-electron chi connectivity index (χ1n) is 21.2. The van der Waals surface area contributed by atoms with Crippen molar-refractivity contribution >= 4 is 43.6 Å². The Balaban J connectivity index is 1.29. The van der Waals surface area contributed by atoms with Crippen LogP contribution in [0.1, 0.15) is 50.1 Å². The van der Waals surface area contributed by atoms with E-state index in [1.165, 1.54) is 56.6 Å². The summed E-state index contributed by atoms with van der Waals surface area (Å²) < 4.78 is 48.2. The number of rotatable bonds is 5. The van der Waals surface area contributed by atoms with Gasteiger partial charge in [0.1, 0.15) is 6.07 Å². The highest BCUT2D eigenvalue weighted by Crippen LogP contribution is 2.44. The molecule has 10 aromatic rings. The van der Waals surface area contributed by atoms with Gasteiger partial charge in [-0.05, 0) is 165 Å². The number of fused-ring (bicyclic) bond motifs is 6. The van der Waals surface area contributed by atoms with E-state index in [9.17, 15) is 18.4 Å². The molecule has 0 aliphatic rings. The average Bonchev–Trinajstić information content (AvgIpc) is 3.74. The van der Waals surface area contributed by atoms with Crippen LogP contribution in [0.25, 0.3) is 88.4 Å². The van der Waals surface area contributed by atoms with Crippen LogP contribution < -0.4 is 0 Å². The molecular weight excluding hydrogens is 784 g/mol. The van der Waals surface area contributed by atoms with Crippen LogP contribution >= 0.6 is 0 Å². The van der Waals surface area contributed by atoms with E-state index in [1.807, 2.05) is 54.6 Å². The molecule has 0 atom stereocenters. The first kappa shape index (κ1) is 39.8. The van der Waals surface area contributed by atoms with E-state index >= 15 is 0 Å². The molecule has 0 aliphatic heterocycles. The minimum atomic E-state index is -4.56. The van der Waals surface area contributed by atoms with Gasteiger partial charge in [-0.15, -0.1) is 0 Å². The molecule has 0 radical (unpaired) electrons. The fraction of sp³-hybridized carbons (Fsp3) is 0.140. The van der Waals surface area contributed by atoms with Crippen LogP contribution in [0, 0.1) is 59.8 Å². The van der Waals surface area contributed by atoms with Gasteiger partial charge in [0.05, 0.1) is 44.6 Å². The topological polar surface area (TPSA) is 33.6 Å². The van der Waals surface area contributed by atoms with Gasteiger partial charge in [0.2, 0.25) is 0 Å². The molecule has 0 bridgehead atoms. The third-order valence-electron chi connectivity index (χ3n) is 12.7. The lowest BCUT2D eigenvalue weighted by atomic mass is 9.93. The molecule has 3 nitrogen and oxygen atoms in total. The van der Waals surface area contributed by atoms with E-state index in [1.54, 1.807) is 6.92 Å². The Morgan fingerprint density at radius 2 is 0.873 bits per heavy atom. The first-order chi connectivity index (χ1) is 30.2. The highest BCUT2D eigenvalue weighted by atomic mass is 19.4. The fourth-order valence-corrected chi connectivity index (χ4v) is 10.4. The molecule has 0 amide bonds. The zero-order valence-electron chi connectivity index (χ0n) is 36.3. The molecule has 308 valence electrons. The van der Waals surface area contributed by atoms with Crippen molar-refractivity contribution in [1.29, 1.82) is 5.26 Å². The zero-order chi connectivity index (χ0) is 44.1. The van der Waals surface area contributed by atoms with Crippen molar-refractivity contribution in [3.63, 3.8) is 0 Å². The first-order valence-corrected chi connectivity index (χ1v) is 21.2. The van der Waals surface area contributed by atoms with Crippen LogP contribution in [0.2, 0.25) is 0 Å². The number of benzene rings is 8. The zero-order valence-corrected chi connectivity index (χ0v) is 36.3. The molecule has 10 rings (SSSR count). The van der Waals surface area contributed by atoms with Gasteiger partial charge in [0, 0.05) is 27.1 Å². The number of hydrogen-bond acceptors (Lipinski definition) is 1. The lowest BCUT2D eigenvalue weighted by Crippen LogP contribution is -2.07. The highest BCUT2D eigenvalue weighted by Gasteiger charge is 2.32. The lowest BCUT2D eigenvalue weighted by Gasteiger charge is -2.20. The predicted molar refractivity (Wildman–Crippen MR) is 254 cm³/mol. The summed E-state index contributed by atoms with van der Waals surface area (Å²) in [7, 11) is 0. The van der Waals surface area contributed by atoms with Crippen molar-refractivity contribution in [3.8, 4) is 50.8 Å². The van der Waals surface area contributed by atoms with Crippen molar-refractivity contribution in [2.45, 2.75) is 54.6 Å². The maximum atomic E-state index is 14.7. The Kier molecular flexibility index (Phi) is 9.24. The molecule has 0 spiro atoms. The summed E-state index contributed by atoms with van der Waals surface area (Å²) in [4.78, 5) is 0. The molecule has 0 fully saturated rings. The molecule has 0 saturated carbocycles. The number of para-hydroxylation sites is 2. The quantitative estimate of drug-likeness (QED) is 0.170. The van der Waals surface area contributed by atoms with E-state index in [2.05, 4.69) is 130 Å². The second-order valence-corrected chi connectivity index (χ2v) is 17.3. The molecular formula is C57H44F3N3. The maximum absolute atomic E-state index is 14.7. The van der Waals surface area contributed by atoms with Crippen molar-refractivity contribution in [2.24, 2.45) is 0 Å². The summed E-state index contributed by atoms with van der Waals surface area (Å²) in [5, 5.41) is 15.2. The second-order valence-electron chi connectivity index (χ2n) is 17.3. The standard InChI is InChI=1S/C57H44F3N3/c1-32-20-35(4)55(36(5)21-32)39-16-18-51-47(27-39)44-12-8-10-14-49(44)62(51)53-30-46(41-24-34(3)25-43(26-41)57(58,59)60)54(29-42(53)31-61)63-50-15-11-9-13-45(50)48-28-40(17-19-52(48)63)56-37(6)22-33(2)23-38(56)7/h8-30H,1-7H3. The van der Waals surface area contributed by atoms with Gasteiger partial charge in [-0.1, -0.05) is 90.0 Å². The molecule has 2 aromatic heterocycles. The van der Waals surface area contributed by atoms with Crippen LogP contribution in [-0.2, 0) is 6.18 Å². The van der Waals surface area contributed by atoms with E-state index < -0.39 is 11.7 Å². The molecule has 0 N–H and O–H groups in total. The van der Waals surface area contributed by atoms with Crippen LogP contribution in [0.3, 0.4) is 0 Å². The van der Waals surface area contributed by atoms with Gasteiger partial charge < -0.3 is 9.13 Å². The lowest BCUT2D eigenvalue weighted by molar-refractivity contribution is -0.137. The number of aryl methyl sites for hydroxylation is 7. The summed E-state index contributed by atoms with van der Waals surface area (Å²) in [6.45, 7) is 14.5. The second kappa shape index (κ2) is 14.6. The monoisotopic (exact) mass is 827 g/mol. The normalized spacial score (nSPS) is 12.0. The largest absolute Gasteiger partial charge is 0.416 e. The Morgan fingerprint density at radius 1 is 0.429 bits per heavy atom. The third-order valence-corrected chi connectivity index (χ3v) is 12.7. The summed E-state index contributed by atoms with van der Waals surface area (Å²) in [5.74, 6) is 0. The Labute approximate surface area is 364 Å². The van der Waals surface area contributed by atoms with Gasteiger partial charge in [0.25, 0.3) is 0 Å². The molecule has 8 aromatic carbocycles. The maximum Gasteiger partial charge on any atom is 0.416 e. The van der Waals surface area contributed by atoms with Gasteiger partial charge in [-0.25, -0.2) is 0 Å². The van der Waals surface area contributed by atoms with Crippen molar-refractivity contribution < 1.29 is 13.2 Å². The van der Waals surface area contributed by atoms with Gasteiger partial charge >= 0.3 is 6.18 Å². The molecule has 2 heterocycles. The molecule has 0 aliphatic carbocycles. The van der Waals surface area contributed by atoms with Crippen LogP contribution in [0.4, 0.5) is 13.2 Å². The van der Waals surface area contributed by atoms with Crippen LogP contribution in [0.15, 0.2) is 140 Å².